The fourth-order valence-corrected chi connectivity index (χ4v) is 1.94. The number of benzene rings is 1. The molecule has 0 fully saturated rings. The average Bonchev–Trinajstić information content (AvgIpc) is 2.55. The second kappa shape index (κ2) is 8.03. The molecule has 6 heteroatoms. The fourth-order valence-electron chi connectivity index (χ4n) is 1.94. The van der Waals surface area contributed by atoms with Gasteiger partial charge in [0.1, 0.15) is 0 Å². The van der Waals surface area contributed by atoms with Gasteiger partial charge in [-0.1, -0.05) is 13.3 Å². The van der Waals surface area contributed by atoms with Gasteiger partial charge >= 0.3 is 0 Å². The average molecular weight is 312 g/mol. The van der Waals surface area contributed by atoms with Crippen LogP contribution in [0.15, 0.2) is 36.4 Å². The first-order valence-corrected chi connectivity index (χ1v) is 7.60. The molecule has 0 saturated heterocycles. The van der Waals surface area contributed by atoms with Crippen LogP contribution in [-0.2, 0) is 4.79 Å². The highest BCUT2D eigenvalue weighted by Gasteiger charge is 2.04. The molecule has 2 N–H and O–H groups in total. The number of amides is 1. The molecular formula is C17H20N4O2. The smallest absolute Gasteiger partial charge is 0.225 e. The van der Waals surface area contributed by atoms with Crippen LogP contribution in [0.25, 0.3) is 0 Å². The highest BCUT2D eigenvalue weighted by atomic mass is 16.1. The van der Waals surface area contributed by atoms with Crippen LogP contribution in [0, 0.1) is 0 Å². The Labute approximate surface area is 135 Å². The molecule has 2 aromatic rings. The molecule has 0 aliphatic rings. The molecule has 1 aromatic heterocycles. The molecule has 6 nitrogen and oxygen atoms in total. The largest absolute Gasteiger partial charge is 0.339 e. The summed E-state index contributed by atoms with van der Waals surface area (Å²) in [5.74, 6) is 0.969. The van der Waals surface area contributed by atoms with Gasteiger partial charge in [0.2, 0.25) is 5.91 Å². The molecule has 1 aromatic carbocycles. The number of Topliss-reactive ketones (excluding diaryl/α,β-unsaturated/α-hetero) is 1. The lowest BCUT2D eigenvalue weighted by Gasteiger charge is -2.07. The van der Waals surface area contributed by atoms with E-state index in [4.69, 9.17) is 0 Å². The third-order valence-corrected chi connectivity index (χ3v) is 3.25. The standard InChI is InChI=1S/C17H20N4O2/c1-3-4-5-17(23)19-16-11-10-15(20-21-16)18-14-8-6-13(7-9-14)12(2)22/h6-11H,3-5H2,1-2H3,(H,18,20)(H,19,21,23). The molecule has 0 aliphatic heterocycles. The van der Waals surface area contributed by atoms with Crippen molar-refractivity contribution in [3.05, 3.63) is 42.0 Å². The van der Waals surface area contributed by atoms with Crippen molar-refractivity contribution < 1.29 is 9.59 Å². The van der Waals surface area contributed by atoms with Crippen LogP contribution in [0.1, 0.15) is 43.5 Å². The number of carbonyl (C=O) groups excluding carboxylic acids is 2. The first-order valence-electron chi connectivity index (χ1n) is 7.60. The Bertz CT molecular complexity index is 666. The Morgan fingerprint density at radius 2 is 1.65 bits per heavy atom. The van der Waals surface area contributed by atoms with E-state index in [2.05, 4.69) is 20.8 Å². The molecule has 1 heterocycles. The number of nitrogens with zero attached hydrogens (tertiary/aromatic N) is 2. The van der Waals surface area contributed by atoms with Crippen molar-refractivity contribution in [2.24, 2.45) is 0 Å². The lowest BCUT2D eigenvalue weighted by molar-refractivity contribution is -0.116. The van der Waals surface area contributed by atoms with Crippen molar-refractivity contribution in [3.8, 4) is 0 Å². The predicted molar refractivity (Wildman–Crippen MR) is 89.9 cm³/mol. The van der Waals surface area contributed by atoms with Crippen molar-refractivity contribution in [1.82, 2.24) is 10.2 Å². The quantitative estimate of drug-likeness (QED) is 0.764. The van der Waals surface area contributed by atoms with Crippen molar-refractivity contribution >= 4 is 29.0 Å². The van der Waals surface area contributed by atoms with Gasteiger partial charge in [0.15, 0.2) is 17.4 Å². The molecule has 0 aliphatic carbocycles. The Morgan fingerprint density at radius 1 is 1.00 bits per heavy atom. The number of nitrogens with one attached hydrogen (secondary N) is 2. The molecule has 0 radical (unpaired) electrons. The van der Waals surface area contributed by atoms with E-state index in [9.17, 15) is 9.59 Å². The van der Waals surface area contributed by atoms with Gasteiger partial charge in [0.25, 0.3) is 0 Å². The summed E-state index contributed by atoms with van der Waals surface area (Å²) in [6, 6.07) is 10.5. The van der Waals surface area contributed by atoms with Gasteiger partial charge < -0.3 is 10.6 Å². The molecule has 120 valence electrons. The third kappa shape index (κ3) is 5.18. The number of ketones is 1. The minimum Gasteiger partial charge on any atom is -0.339 e. The highest BCUT2D eigenvalue weighted by Crippen LogP contribution is 2.16. The Hall–Kier alpha value is -2.76. The van der Waals surface area contributed by atoms with Gasteiger partial charge in [-0.3, -0.25) is 9.59 Å². The highest BCUT2D eigenvalue weighted by molar-refractivity contribution is 5.94. The molecule has 0 spiro atoms. The zero-order chi connectivity index (χ0) is 16.7. The fraction of sp³-hybridized carbons (Fsp3) is 0.294. The molecule has 0 bridgehead atoms. The van der Waals surface area contributed by atoms with Crippen LogP contribution in [0.2, 0.25) is 0 Å². The third-order valence-electron chi connectivity index (χ3n) is 3.25. The topological polar surface area (TPSA) is 84.0 Å². The Morgan fingerprint density at radius 3 is 2.22 bits per heavy atom. The van der Waals surface area contributed by atoms with Gasteiger partial charge in [-0.25, -0.2) is 0 Å². The van der Waals surface area contributed by atoms with Crippen molar-refractivity contribution in [2.75, 3.05) is 10.6 Å². The second-order valence-corrected chi connectivity index (χ2v) is 5.21. The second-order valence-electron chi connectivity index (χ2n) is 5.21. The first-order chi connectivity index (χ1) is 11.1. The molecule has 0 saturated carbocycles. The first kappa shape index (κ1) is 16.6. The van der Waals surface area contributed by atoms with Crippen molar-refractivity contribution in [1.29, 1.82) is 0 Å². The Kier molecular flexibility index (Phi) is 5.80. The summed E-state index contributed by atoms with van der Waals surface area (Å²) in [6.45, 7) is 3.57. The number of rotatable bonds is 7. The van der Waals surface area contributed by atoms with Gasteiger partial charge in [0, 0.05) is 17.7 Å². The zero-order valence-corrected chi connectivity index (χ0v) is 13.3. The summed E-state index contributed by atoms with van der Waals surface area (Å²) in [7, 11) is 0. The molecule has 0 unspecified atom stereocenters. The molecule has 0 atom stereocenters. The molecule has 1 amide bonds. The van der Waals surface area contributed by atoms with E-state index in [0.29, 0.717) is 23.6 Å². The van der Waals surface area contributed by atoms with Crippen molar-refractivity contribution in [3.63, 3.8) is 0 Å². The molecule has 2 rings (SSSR count). The van der Waals surface area contributed by atoms with Crippen LogP contribution in [0.4, 0.5) is 17.3 Å². The summed E-state index contributed by atoms with van der Waals surface area (Å²) in [6.07, 6.45) is 2.32. The number of hydrogen-bond acceptors (Lipinski definition) is 5. The number of carbonyl (C=O) groups is 2. The van der Waals surface area contributed by atoms with Crippen LogP contribution < -0.4 is 10.6 Å². The van der Waals surface area contributed by atoms with E-state index < -0.39 is 0 Å². The van der Waals surface area contributed by atoms with Crippen LogP contribution in [0.5, 0.6) is 0 Å². The molecular weight excluding hydrogens is 292 g/mol. The molecule has 23 heavy (non-hydrogen) atoms. The monoisotopic (exact) mass is 312 g/mol. The summed E-state index contributed by atoms with van der Waals surface area (Å²) in [5, 5.41) is 13.8. The SMILES string of the molecule is CCCCC(=O)Nc1ccc(Nc2ccc(C(C)=O)cc2)nn1. The normalized spacial score (nSPS) is 10.2. The van der Waals surface area contributed by atoms with Crippen molar-refractivity contribution in [2.45, 2.75) is 33.1 Å². The lowest BCUT2D eigenvalue weighted by atomic mass is 10.1. The number of anilines is 3. The summed E-state index contributed by atoms with van der Waals surface area (Å²) in [4.78, 5) is 22.8. The minimum absolute atomic E-state index is 0.0273. The maximum atomic E-state index is 11.6. The summed E-state index contributed by atoms with van der Waals surface area (Å²) >= 11 is 0. The van der Waals surface area contributed by atoms with Crippen LogP contribution >= 0.6 is 0 Å². The summed E-state index contributed by atoms with van der Waals surface area (Å²) in [5.41, 5.74) is 1.47. The van der Waals surface area contributed by atoms with E-state index in [1.54, 1.807) is 36.4 Å². The van der Waals surface area contributed by atoms with Gasteiger partial charge in [-0.15, -0.1) is 10.2 Å². The van der Waals surface area contributed by atoms with Gasteiger partial charge in [-0.05, 0) is 49.7 Å². The Balaban J connectivity index is 1.94. The van der Waals surface area contributed by atoms with Crippen LogP contribution in [-0.4, -0.2) is 21.9 Å². The van der Waals surface area contributed by atoms with E-state index in [-0.39, 0.29) is 11.7 Å². The maximum absolute atomic E-state index is 11.6. The maximum Gasteiger partial charge on any atom is 0.225 e. The van der Waals surface area contributed by atoms with Crippen LogP contribution in [0.3, 0.4) is 0 Å². The number of unbranched alkanes of at least 4 members (excludes halogenated alkanes) is 1. The van der Waals surface area contributed by atoms with E-state index in [0.717, 1.165) is 18.5 Å². The number of aromatic nitrogens is 2. The summed E-state index contributed by atoms with van der Waals surface area (Å²) < 4.78 is 0. The predicted octanol–water partition coefficient (Wildman–Crippen LogP) is 3.55. The minimum atomic E-state index is -0.0540. The number of hydrogen-bond donors (Lipinski definition) is 2. The van der Waals surface area contributed by atoms with Gasteiger partial charge in [-0.2, -0.15) is 0 Å². The zero-order valence-electron chi connectivity index (χ0n) is 13.3. The van der Waals surface area contributed by atoms with E-state index in [1.165, 1.54) is 6.92 Å². The van der Waals surface area contributed by atoms with E-state index in [1.807, 2.05) is 6.92 Å². The van der Waals surface area contributed by atoms with E-state index >= 15 is 0 Å². The van der Waals surface area contributed by atoms with Gasteiger partial charge in [0.05, 0.1) is 0 Å². The lowest BCUT2D eigenvalue weighted by Crippen LogP contribution is -2.12.